The van der Waals surface area contributed by atoms with Crippen LogP contribution < -0.4 is 10.6 Å². The lowest BCUT2D eigenvalue weighted by molar-refractivity contribution is -0.124. The molecule has 2 aliphatic rings. The van der Waals surface area contributed by atoms with E-state index < -0.39 is 0 Å². The lowest BCUT2D eigenvalue weighted by atomic mass is 9.86. The van der Waals surface area contributed by atoms with Crippen molar-refractivity contribution < 1.29 is 14.3 Å². The molecule has 0 bridgehead atoms. The standard InChI is InChI=1S/C19H26N2O3/c1-13-5-2-3-6-16(13)21-18(22)14-8-10-15(11-9-14)20-19(23)17-7-4-12-24-17/h8-11,13,16-17H,2-7,12H2,1H3,(H,20,23)(H,21,22)/t13-,16-,17+/m1/s1. The highest BCUT2D eigenvalue weighted by Gasteiger charge is 2.24. The molecular weight excluding hydrogens is 304 g/mol. The van der Waals surface area contributed by atoms with Crippen LogP contribution in [0, 0.1) is 5.92 Å². The Bertz CT molecular complexity index is 579. The number of rotatable bonds is 4. The van der Waals surface area contributed by atoms with Crippen molar-refractivity contribution in [3.05, 3.63) is 29.8 Å². The molecule has 0 spiro atoms. The molecule has 5 heteroatoms. The SMILES string of the molecule is C[C@@H]1CCCC[C@H]1NC(=O)c1ccc(NC(=O)[C@@H]2CCCO2)cc1. The van der Waals surface area contributed by atoms with Gasteiger partial charge in [0.2, 0.25) is 0 Å². The molecule has 3 atom stereocenters. The zero-order valence-electron chi connectivity index (χ0n) is 14.2. The molecular formula is C19H26N2O3. The lowest BCUT2D eigenvalue weighted by Crippen LogP contribution is -2.41. The molecule has 24 heavy (non-hydrogen) atoms. The Hall–Kier alpha value is -1.88. The molecule has 1 aliphatic heterocycles. The molecule has 0 radical (unpaired) electrons. The summed E-state index contributed by atoms with van der Waals surface area (Å²) in [5.41, 5.74) is 1.32. The van der Waals surface area contributed by atoms with Gasteiger partial charge < -0.3 is 15.4 Å². The normalized spacial score (nSPS) is 26.8. The molecule has 1 heterocycles. The summed E-state index contributed by atoms with van der Waals surface area (Å²) in [6, 6.07) is 7.32. The van der Waals surface area contributed by atoms with Gasteiger partial charge in [-0.05, 0) is 55.9 Å². The van der Waals surface area contributed by atoms with Gasteiger partial charge in [0.25, 0.3) is 11.8 Å². The zero-order valence-corrected chi connectivity index (χ0v) is 14.2. The van der Waals surface area contributed by atoms with Gasteiger partial charge in [-0.1, -0.05) is 19.8 Å². The van der Waals surface area contributed by atoms with Crippen LogP contribution >= 0.6 is 0 Å². The highest BCUT2D eigenvalue weighted by atomic mass is 16.5. The van der Waals surface area contributed by atoms with Crippen LogP contribution in [-0.4, -0.2) is 30.6 Å². The zero-order chi connectivity index (χ0) is 16.9. The number of anilines is 1. The Morgan fingerprint density at radius 3 is 2.46 bits per heavy atom. The molecule has 2 fully saturated rings. The van der Waals surface area contributed by atoms with Crippen molar-refractivity contribution in [2.24, 2.45) is 5.92 Å². The summed E-state index contributed by atoms with van der Waals surface area (Å²) in [6.07, 6.45) is 6.03. The van der Waals surface area contributed by atoms with Crippen LogP contribution in [0.2, 0.25) is 0 Å². The smallest absolute Gasteiger partial charge is 0.253 e. The van der Waals surface area contributed by atoms with Crippen molar-refractivity contribution in [1.29, 1.82) is 0 Å². The van der Waals surface area contributed by atoms with Crippen molar-refractivity contribution in [2.75, 3.05) is 11.9 Å². The third-order valence-corrected chi connectivity index (χ3v) is 5.06. The van der Waals surface area contributed by atoms with Crippen molar-refractivity contribution in [1.82, 2.24) is 5.32 Å². The van der Waals surface area contributed by atoms with E-state index in [0.29, 0.717) is 23.8 Å². The van der Waals surface area contributed by atoms with E-state index >= 15 is 0 Å². The van der Waals surface area contributed by atoms with E-state index in [1.807, 2.05) is 0 Å². The average molecular weight is 330 g/mol. The van der Waals surface area contributed by atoms with Crippen molar-refractivity contribution in [3.8, 4) is 0 Å². The number of benzene rings is 1. The summed E-state index contributed by atoms with van der Waals surface area (Å²) in [5, 5.41) is 5.99. The topological polar surface area (TPSA) is 67.4 Å². The quantitative estimate of drug-likeness (QED) is 0.891. The second-order valence-electron chi connectivity index (χ2n) is 6.91. The number of ether oxygens (including phenoxy) is 1. The molecule has 1 aromatic carbocycles. The fourth-order valence-corrected chi connectivity index (χ4v) is 3.49. The third kappa shape index (κ3) is 4.15. The predicted octanol–water partition coefficient (Wildman–Crippen LogP) is 3.11. The van der Waals surface area contributed by atoms with E-state index in [-0.39, 0.29) is 24.0 Å². The molecule has 3 rings (SSSR count). The van der Waals surface area contributed by atoms with Gasteiger partial charge in [-0.2, -0.15) is 0 Å². The van der Waals surface area contributed by atoms with E-state index in [1.54, 1.807) is 24.3 Å². The largest absolute Gasteiger partial charge is 0.368 e. The van der Waals surface area contributed by atoms with E-state index in [9.17, 15) is 9.59 Å². The maximum absolute atomic E-state index is 12.4. The molecule has 2 N–H and O–H groups in total. The van der Waals surface area contributed by atoms with Gasteiger partial charge >= 0.3 is 0 Å². The van der Waals surface area contributed by atoms with Crippen molar-refractivity contribution in [3.63, 3.8) is 0 Å². The van der Waals surface area contributed by atoms with Crippen LogP contribution in [0.1, 0.15) is 55.8 Å². The van der Waals surface area contributed by atoms with Crippen molar-refractivity contribution in [2.45, 2.75) is 57.6 Å². The van der Waals surface area contributed by atoms with Gasteiger partial charge in [-0.25, -0.2) is 0 Å². The maximum Gasteiger partial charge on any atom is 0.253 e. The van der Waals surface area contributed by atoms with Crippen LogP contribution in [0.5, 0.6) is 0 Å². The third-order valence-electron chi connectivity index (χ3n) is 5.06. The fourth-order valence-electron chi connectivity index (χ4n) is 3.49. The van der Waals surface area contributed by atoms with Gasteiger partial charge in [0.05, 0.1) is 0 Å². The van der Waals surface area contributed by atoms with Crippen molar-refractivity contribution >= 4 is 17.5 Å². The number of amides is 2. The summed E-state index contributed by atoms with van der Waals surface area (Å²) < 4.78 is 5.37. The summed E-state index contributed by atoms with van der Waals surface area (Å²) in [5.74, 6) is 0.388. The maximum atomic E-state index is 12.4. The summed E-state index contributed by atoms with van der Waals surface area (Å²) in [4.78, 5) is 24.4. The molecule has 1 aromatic rings. The fraction of sp³-hybridized carbons (Fsp3) is 0.579. The molecule has 5 nitrogen and oxygen atoms in total. The Labute approximate surface area is 143 Å². The highest BCUT2D eigenvalue weighted by molar-refractivity contribution is 5.97. The van der Waals surface area contributed by atoms with Gasteiger partial charge in [0.1, 0.15) is 6.10 Å². The molecule has 2 amide bonds. The van der Waals surface area contributed by atoms with Crippen LogP contribution in [0.25, 0.3) is 0 Å². The van der Waals surface area contributed by atoms with E-state index in [2.05, 4.69) is 17.6 Å². The minimum absolute atomic E-state index is 0.0363. The summed E-state index contributed by atoms with van der Waals surface area (Å²) >= 11 is 0. The van der Waals surface area contributed by atoms with Crippen LogP contribution in [0.3, 0.4) is 0 Å². The molecule has 0 aromatic heterocycles. The Kier molecular flexibility index (Phi) is 5.51. The van der Waals surface area contributed by atoms with E-state index in [0.717, 1.165) is 19.3 Å². The lowest BCUT2D eigenvalue weighted by Gasteiger charge is -2.29. The first kappa shape index (κ1) is 17.0. The van der Waals surface area contributed by atoms with Gasteiger partial charge in [-0.3, -0.25) is 9.59 Å². The number of nitrogens with one attached hydrogen (secondary N) is 2. The van der Waals surface area contributed by atoms with Gasteiger partial charge in [-0.15, -0.1) is 0 Å². The monoisotopic (exact) mass is 330 g/mol. The number of hydrogen-bond donors (Lipinski definition) is 2. The van der Waals surface area contributed by atoms with E-state index in [1.165, 1.54) is 19.3 Å². The number of carbonyl (C=O) groups excluding carboxylic acids is 2. The Morgan fingerprint density at radius 1 is 1.04 bits per heavy atom. The van der Waals surface area contributed by atoms with Gasteiger partial charge in [0.15, 0.2) is 0 Å². The molecule has 0 unspecified atom stereocenters. The number of carbonyl (C=O) groups is 2. The van der Waals surface area contributed by atoms with Crippen LogP contribution in [-0.2, 0) is 9.53 Å². The Morgan fingerprint density at radius 2 is 1.79 bits per heavy atom. The first-order chi connectivity index (χ1) is 11.6. The second-order valence-corrected chi connectivity index (χ2v) is 6.91. The molecule has 1 saturated carbocycles. The minimum atomic E-state index is -0.347. The summed E-state index contributed by atoms with van der Waals surface area (Å²) in [7, 11) is 0. The Balaban J connectivity index is 1.55. The van der Waals surface area contributed by atoms with Gasteiger partial charge in [0, 0.05) is 23.9 Å². The first-order valence-corrected chi connectivity index (χ1v) is 8.97. The molecule has 1 aliphatic carbocycles. The molecule has 130 valence electrons. The highest BCUT2D eigenvalue weighted by Crippen LogP contribution is 2.24. The predicted molar refractivity (Wildman–Crippen MR) is 92.9 cm³/mol. The minimum Gasteiger partial charge on any atom is -0.368 e. The van der Waals surface area contributed by atoms with E-state index in [4.69, 9.17) is 4.74 Å². The number of hydrogen-bond acceptors (Lipinski definition) is 3. The second kappa shape index (κ2) is 7.79. The van der Waals surface area contributed by atoms with Crippen LogP contribution in [0.4, 0.5) is 5.69 Å². The average Bonchev–Trinajstić information content (AvgIpc) is 3.12. The first-order valence-electron chi connectivity index (χ1n) is 8.97. The van der Waals surface area contributed by atoms with Crippen LogP contribution in [0.15, 0.2) is 24.3 Å². The summed E-state index contributed by atoms with van der Waals surface area (Å²) in [6.45, 7) is 2.85. The molecule has 1 saturated heterocycles.